The molecule has 3 aromatic rings. The van der Waals surface area contributed by atoms with Crippen molar-refractivity contribution < 1.29 is 14.6 Å². The van der Waals surface area contributed by atoms with Gasteiger partial charge in [-0.15, -0.1) is 0 Å². The van der Waals surface area contributed by atoms with E-state index in [1.54, 1.807) is 6.07 Å². The normalized spacial score (nSPS) is 20.8. The Hall–Kier alpha value is -2.98. The van der Waals surface area contributed by atoms with Crippen molar-refractivity contribution in [2.75, 3.05) is 32.8 Å². The number of phenolic OH excluding ortho intramolecular Hbond substituents is 1. The molecule has 0 amide bonds. The summed E-state index contributed by atoms with van der Waals surface area (Å²) in [5.74, 6) is 2.31. The molecule has 4 heteroatoms. The molecular formula is C27H29NO3. The molecule has 3 aromatic carbocycles. The molecule has 1 saturated heterocycles. The first kappa shape index (κ1) is 20.0. The van der Waals surface area contributed by atoms with E-state index in [2.05, 4.69) is 53.4 Å². The van der Waals surface area contributed by atoms with Crippen LogP contribution < -0.4 is 9.47 Å². The largest absolute Gasteiger partial charge is 0.508 e. The second-order valence-electron chi connectivity index (χ2n) is 8.49. The summed E-state index contributed by atoms with van der Waals surface area (Å²) in [6.07, 6.45) is 2.61. The molecule has 2 aliphatic heterocycles. The molecule has 5 rings (SSSR count). The average Bonchev–Trinajstić information content (AvgIpc) is 3.33. The maximum absolute atomic E-state index is 10.2. The van der Waals surface area contributed by atoms with E-state index in [1.807, 2.05) is 18.2 Å². The Balaban J connectivity index is 1.39. The van der Waals surface area contributed by atoms with Crippen LogP contribution in [0, 0.1) is 0 Å². The van der Waals surface area contributed by atoms with Crippen LogP contribution >= 0.6 is 0 Å². The van der Waals surface area contributed by atoms with E-state index in [9.17, 15) is 5.11 Å². The van der Waals surface area contributed by atoms with Gasteiger partial charge in [0.15, 0.2) is 0 Å². The number of rotatable bonds is 6. The fourth-order valence-electron chi connectivity index (χ4n) is 4.87. The summed E-state index contributed by atoms with van der Waals surface area (Å²) >= 11 is 0. The average molecular weight is 416 g/mol. The predicted molar refractivity (Wildman–Crippen MR) is 122 cm³/mol. The number of hydrogen-bond donors (Lipinski definition) is 1. The lowest BCUT2D eigenvalue weighted by Crippen LogP contribution is -2.25. The summed E-state index contributed by atoms with van der Waals surface area (Å²) in [4.78, 5) is 2.46. The third kappa shape index (κ3) is 4.40. The molecule has 0 unspecified atom stereocenters. The monoisotopic (exact) mass is 415 g/mol. The van der Waals surface area contributed by atoms with Gasteiger partial charge in [-0.05, 0) is 67.4 Å². The molecule has 2 aliphatic rings. The fourth-order valence-corrected chi connectivity index (χ4v) is 4.87. The molecule has 2 heterocycles. The van der Waals surface area contributed by atoms with Crippen LogP contribution in [0.1, 0.15) is 41.4 Å². The van der Waals surface area contributed by atoms with Crippen LogP contribution in [0.25, 0.3) is 0 Å². The number of hydrogen-bond acceptors (Lipinski definition) is 4. The van der Waals surface area contributed by atoms with E-state index >= 15 is 0 Å². The summed E-state index contributed by atoms with van der Waals surface area (Å²) in [6, 6.07) is 24.4. The van der Waals surface area contributed by atoms with Gasteiger partial charge >= 0.3 is 0 Å². The van der Waals surface area contributed by atoms with E-state index in [0.717, 1.165) is 30.2 Å². The van der Waals surface area contributed by atoms with Gasteiger partial charge in [0, 0.05) is 23.9 Å². The van der Waals surface area contributed by atoms with E-state index in [0.29, 0.717) is 6.61 Å². The molecular weight excluding hydrogens is 386 g/mol. The van der Waals surface area contributed by atoms with Gasteiger partial charge in [-0.1, -0.05) is 42.5 Å². The lowest BCUT2D eigenvalue weighted by Gasteiger charge is -2.34. The number of phenols is 1. The van der Waals surface area contributed by atoms with Crippen LogP contribution in [0.5, 0.6) is 17.2 Å². The lowest BCUT2D eigenvalue weighted by atomic mass is 9.76. The molecule has 160 valence electrons. The quantitative estimate of drug-likeness (QED) is 0.603. The molecule has 31 heavy (non-hydrogen) atoms. The number of fused-ring (bicyclic) bond motifs is 1. The predicted octanol–water partition coefficient (Wildman–Crippen LogP) is 5.17. The highest BCUT2D eigenvalue weighted by Crippen LogP contribution is 2.47. The van der Waals surface area contributed by atoms with Crippen LogP contribution in [-0.4, -0.2) is 42.9 Å². The van der Waals surface area contributed by atoms with Gasteiger partial charge < -0.3 is 14.6 Å². The summed E-state index contributed by atoms with van der Waals surface area (Å²) in [5.41, 5.74) is 3.48. The second-order valence-corrected chi connectivity index (χ2v) is 8.49. The SMILES string of the molecule is Oc1ccc2c(c1)[C@@H](c1ccc(OCCN3CCCC3)cc1)[C@@H](c1ccccc1)CO2. The van der Waals surface area contributed by atoms with Gasteiger partial charge in [0.25, 0.3) is 0 Å². The van der Waals surface area contributed by atoms with Crippen LogP contribution in [-0.2, 0) is 0 Å². The first-order valence-corrected chi connectivity index (χ1v) is 11.2. The van der Waals surface area contributed by atoms with Gasteiger partial charge in [0.2, 0.25) is 0 Å². The Bertz CT molecular complexity index is 997. The minimum Gasteiger partial charge on any atom is -0.508 e. The summed E-state index contributed by atoms with van der Waals surface area (Å²) in [6.45, 7) is 4.71. The highest BCUT2D eigenvalue weighted by molar-refractivity contribution is 5.51. The smallest absolute Gasteiger partial charge is 0.123 e. The standard InChI is InChI=1S/C27H29NO3/c29-22-10-13-26-24(18-22)27(25(19-31-26)20-6-2-1-3-7-20)21-8-11-23(12-9-21)30-17-16-28-14-4-5-15-28/h1-3,6-13,18,25,27,29H,4-5,14-17,19H2/t25-,27-/m1/s1. The van der Waals surface area contributed by atoms with Crippen LogP contribution in [0.2, 0.25) is 0 Å². The highest BCUT2D eigenvalue weighted by Gasteiger charge is 2.33. The molecule has 0 aromatic heterocycles. The maximum Gasteiger partial charge on any atom is 0.123 e. The van der Waals surface area contributed by atoms with Crippen LogP contribution in [0.15, 0.2) is 72.8 Å². The minimum absolute atomic E-state index is 0.108. The van der Waals surface area contributed by atoms with Gasteiger partial charge in [-0.2, -0.15) is 0 Å². The zero-order valence-electron chi connectivity index (χ0n) is 17.7. The van der Waals surface area contributed by atoms with Crippen LogP contribution in [0.4, 0.5) is 0 Å². The van der Waals surface area contributed by atoms with Crippen molar-refractivity contribution in [1.82, 2.24) is 4.90 Å². The molecule has 1 fully saturated rings. The first-order chi connectivity index (χ1) is 15.3. The molecule has 0 radical (unpaired) electrons. The van der Waals surface area contributed by atoms with Crippen LogP contribution in [0.3, 0.4) is 0 Å². The van der Waals surface area contributed by atoms with Gasteiger partial charge in [0.05, 0.1) is 6.61 Å². The Morgan fingerprint density at radius 2 is 1.68 bits per heavy atom. The van der Waals surface area contributed by atoms with E-state index in [-0.39, 0.29) is 17.6 Å². The van der Waals surface area contributed by atoms with Gasteiger partial charge in [-0.25, -0.2) is 0 Å². The van der Waals surface area contributed by atoms with Crippen molar-refractivity contribution in [3.63, 3.8) is 0 Å². The number of nitrogens with zero attached hydrogens (tertiary/aromatic N) is 1. The van der Waals surface area contributed by atoms with Crippen molar-refractivity contribution in [3.8, 4) is 17.2 Å². The third-order valence-corrected chi connectivity index (χ3v) is 6.49. The van der Waals surface area contributed by atoms with E-state index < -0.39 is 0 Å². The van der Waals surface area contributed by atoms with Crippen molar-refractivity contribution in [2.24, 2.45) is 0 Å². The Kier molecular flexibility index (Phi) is 5.81. The number of likely N-dealkylation sites (tertiary alicyclic amines) is 1. The second kappa shape index (κ2) is 9.03. The molecule has 2 atom stereocenters. The van der Waals surface area contributed by atoms with E-state index in [1.165, 1.54) is 37.1 Å². The van der Waals surface area contributed by atoms with E-state index in [4.69, 9.17) is 9.47 Å². The zero-order valence-corrected chi connectivity index (χ0v) is 17.7. The summed E-state index contributed by atoms with van der Waals surface area (Å²) in [5, 5.41) is 10.2. The zero-order chi connectivity index (χ0) is 21.0. The maximum atomic E-state index is 10.2. The Labute approximate surface area is 184 Å². The van der Waals surface area contributed by atoms with Crippen molar-refractivity contribution in [1.29, 1.82) is 0 Å². The number of aromatic hydroxyl groups is 1. The minimum atomic E-state index is 0.108. The van der Waals surface area contributed by atoms with Gasteiger partial charge in [-0.3, -0.25) is 4.90 Å². The molecule has 0 bridgehead atoms. The topological polar surface area (TPSA) is 41.9 Å². The summed E-state index contributed by atoms with van der Waals surface area (Å²) < 4.78 is 12.1. The summed E-state index contributed by atoms with van der Waals surface area (Å²) in [7, 11) is 0. The molecule has 4 nitrogen and oxygen atoms in total. The Morgan fingerprint density at radius 3 is 2.45 bits per heavy atom. The molecule has 0 spiro atoms. The molecule has 1 N–H and O–H groups in total. The lowest BCUT2D eigenvalue weighted by molar-refractivity contribution is 0.237. The third-order valence-electron chi connectivity index (χ3n) is 6.49. The number of ether oxygens (including phenoxy) is 2. The van der Waals surface area contributed by atoms with Crippen molar-refractivity contribution in [2.45, 2.75) is 24.7 Å². The number of benzene rings is 3. The fraction of sp³-hybridized carbons (Fsp3) is 0.333. The molecule has 0 saturated carbocycles. The van der Waals surface area contributed by atoms with Crippen molar-refractivity contribution in [3.05, 3.63) is 89.5 Å². The highest BCUT2D eigenvalue weighted by atomic mass is 16.5. The molecule has 0 aliphatic carbocycles. The Morgan fingerprint density at radius 1 is 0.903 bits per heavy atom. The first-order valence-electron chi connectivity index (χ1n) is 11.2. The van der Waals surface area contributed by atoms with Crippen molar-refractivity contribution >= 4 is 0 Å². The van der Waals surface area contributed by atoms with Gasteiger partial charge in [0.1, 0.15) is 23.9 Å².